The van der Waals surface area contributed by atoms with Crippen LogP contribution in [0, 0.1) is 12.8 Å². The van der Waals surface area contributed by atoms with Gasteiger partial charge in [0, 0.05) is 12.3 Å². The Morgan fingerprint density at radius 3 is 2.56 bits per heavy atom. The van der Waals surface area contributed by atoms with Gasteiger partial charge < -0.3 is 4.90 Å². The lowest BCUT2D eigenvalue weighted by Crippen LogP contribution is -2.60. The number of amides is 4. The van der Waals surface area contributed by atoms with Crippen LogP contribution in [0.5, 0.6) is 0 Å². The first-order valence-corrected chi connectivity index (χ1v) is 9.47. The van der Waals surface area contributed by atoms with Gasteiger partial charge in [-0.25, -0.2) is 9.69 Å². The molecule has 2 fully saturated rings. The fourth-order valence-corrected chi connectivity index (χ4v) is 3.63. The normalized spacial score (nSPS) is 22.1. The third-order valence-corrected chi connectivity index (χ3v) is 5.16. The van der Waals surface area contributed by atoms with Crippen molar-refractivity contribution >= 4 is 29.2 Å². The summed E-state index contributed by atoms with van der Waals surface area (Å²) >= 11 is 0. The first-order valence-electron chi connectivity index (χ1n) is 9.47. The summed E-state index contributed by atoms with van der Waals surface area (Å²) in [6.07, 6.45) is 3.69. The van der Waals surface area contributed by atoms with E-state index in [0.717, 1.165) is 30.1 Å². The number of aliphatic imine (C=N–C) groups is 1. The summed E-state index contributed by atoms with van der Waals surface area (Å²) in [5.41, 5.74) is 1.72. The number of anilines is 1. The van der Waals surface area contributed by atoms with Crippen molar-refractivity contribution < 1.29 is 14.4 Å². The first-order chi connectivity index (χ1) is 13.0. The van der Waals surface area contributed by atoms with Gasteiger partial charge in [0.2, 0.25) is 5.91 Å². The third-order valence-electron chi connectivity index (χ3n) is 5.16. The lowest BCUT2D eigenvalue weighted by atomic mass is 9.98. The monoisotopic (exact) mass is 370 g/mol. The fraction of sp³-hybridized carbons (Fsp3) is 0.500. The molecule has 4 amide bonds. The van der Waals surface area contributed by atoms with Gasteiger partial charge in [-0.15, -0.1) is 0 Å². The van der Waals surface area contributed by atoms with E-state index in [1.807, 2.05) is 19.1 Å². The Bertz CT molecular complexity index is 768. The van der Waals surface area contributed by atoms with E-state index >= 15 is 0 Å². The number of benzene rings is 1. The molecule has 7 heteroatoms. The highest BCUT2D eigenvalue weighted by Crippen LogP contribution is 2.24. The summed E-state index contributed by atoms with van der Waals surface area (Å²) in [4.78, 5) is 45.4. The van der Waals surface area contributed by atoms with Crippen molar-refractivity contribution in [2.24, 2.45) is 10.9 Å². The van der Waals surface area contributed by atoms with Gasteiger partial charge in [0.05, 0.1) is 12.2 Å². The maximum atomic E-state index is 13.0. The van der Waals surface area contributed by atoms with Crippen LogP contribution >= 0.6 is 0 Å². The minimum Gasteiger partial charge on any atom is -0.301 e. The summed E-state index contributed by atoms with van der Waals surface area (Å²) in [7, 11) is 0. The molecule has 0 saturated carbocycles. The highest BCUT2D eigenvalue weighted by molar-refractivity contribution is 6.35. The van der Waals surface area contributed by atoms with Gasteiger partial charge in [0.25, 0.3) is 5.91 Å². The number of urea groups is 1. The topological polar surface area (TPSA) is 82.1 Å². The molecule has 27 heavy (non-hydrogen) atoms. The molecule has 7 nitrogen and oxygen atoms in total. The second-order valence-electron chi connectivity index (χ2n) is 7.11. The maximum Gasteiger partial charge on any atom is 0.335 e. The average molecular weight is 370 g/mol. The molecule has 0 spiro atoms. The SMILES string of the molecule is CC(=NCCN1CCCCC1)[C@H]1C(=O)NC(=O)N(c2ccccc2C)C1=O. The molecule has 2 saturated heterocycles. The van der Waals surface area contributed by atoms with Crippen LogP contribution in [-0.2, 0) is 9.59 Å². The number of hydrogen-bond donors (Lipinski definition) is 1. The standard InChI is InChI=1S/C20H26N4O3/c1-14-8-4-5-9-16(14)24-19(26)17(18(25)22-20(24)27)15(2)21-10-13-23-11-6-3-7-12-23/h4-5,8-9,17H,3,6-7,10-13H2,1-2H3,(H,22,25,27)/t17-/m0/s1. The number of hydrogen-bond acceptors (Lipinski definition) is 5. The van der Waals surface area contributed by atoms with Crippen LogP contribution in [0.2, 0.25) is 0 Å². The lowest BCUT2D eigenvalue weighted by Gasteiger charge is -2.31. The number of nitrogens with one attached hydrogen (secondary N) is 1. The second kappa shape index (κ2) is 8.43. The summed E-state index contributed by atoms with van der Waals surface area (Å²) < 4.78 is 0. The molecule has 144 valence electrons. The van der Waals surface area contributed by atoms with Gasteiger partial charge in [-0.2, -0.15) is 0 Å². The summed E-state index contributed by atoms with van der Waals surface area (Å²) in [6, 6.07) is 6.40. The Morgan fingerprint density at radius 2 is 1.85 bits per heavy atom. The molecule has 1 N–H and O–H groups in total. The number of piperidine rings is 1. The molecule has 2 aliphatic heterocycles. The van der Waals surface area contributed by atoms with Crippen molar-refractivity contribution in [1.82, 2.24) is 10.2 Å². The average Bonchev–Trinajstić information content (AvgIpc) is 2.64. The Morgan fingerprint density at radius 1 is 1.15 bits per heavy atom. The van der Waals surface area contributed by atoms with E-state index in [2.05, 4.69) is 15.2 Å². The molecular formula is C20H26N4O3. The largest absolute Gasteiger partial charge is 0.335 e. The maximum absolute atomic E-state index is 13.0. The quantitative estimate of drug-likeness (QED) is 0.636. The van der Waals surface area contributed by atoms with Crippen LogP contribution in [0.4, 0.5) is 10.5 Å². The third kappa shape index (κ3) is 4.24. The van der Waals surface area contributed by atoms with Gasteiger partial charge in [-0.1, -0.05) is 24.6 Å². The van der Waals surface area contributed by atoms with Crippen molar-refractivity contribution in [2.45, 2.75) is 33.1 Å². The van der Waals surface area contributed by atoms with Gasteiger partial charge in [0.15, 0.2) is 5.92 Å². The summed E-state index contributed by atoms with van der Waals surface area (Å²) in [5.74, 6) is -2.21. The number of carbonyl (C=O) groups is 3. The zero-order valence-electron chi connectivity index (χ0n) is 15.9. The second-order valence-corrected chi connectivity index (χ2v) is 7.11. The van der Waals surface area contributed by atoms with E-state index in [-0.39, 0.29) is 0 Å². The predicted octanol–water partition coefficient (Wildman–Crippen LogP) is 2.14. The van der Waals surface area contributed by atoms with Crippen LogP contribution in [0.3, 0.4) is 0 Å². The molecular weight excluding hydrogens is 344 g/mol. The van der Waals surface area contributed by atoms with E-state index in [1.165, 1.54) is 19.3 Å². The number of rotatable bonds is 5. The predicted molar refractivity (Wildman–Crippen MR) is 104 cm³/mol. The van der Waals surface area contributed by atoms with E-state index in [4.69, 9.17) is 0 Å². The van der Waals surface area contributed by atoms with Crippen molar-refractivity contribution in [3.63, 3.8) is 0 Å². The minimum absolute atomic E-state index is 0.445. The van der Waals surface area contributed by atoms with E-state index in [0.29, 0.717) is 17.9 Å². The molecule has 0 radical (unpaired) electrons. The first kappa shape index (κ1) is 19.2. The molecule has 1 atom stereocenters. The Hall–Kier alpha value is -2.54. The van der Waals surface area contributed by atoms with E-state index in [1.54, 1.807) is 19.1 Å². The van der Waals surface area contributed by atoms with Crippen molar-refractivity contribution in [3.05, 3.63) is 29.8 Å². The van der Waals surface area contributed by atoms with Crippen LogP contribution < -0.4 is 10.2 Å². The Balaban J connectivity index is 1.74. The highest BCUT2D eigenvalue weighted by atomic mass is 16.2. The van der Waals surface area contributed by atoms with Crippen molar-refractivity contribution in [3.8, 4) is 0 Å². The molecule has 0 unspecified atom stereocenters. The van der Waals surface area contributed by atoms with Crippen molar-refractivity contribution in [2.75, 3.05) is 31.1 Å². The minimum atomic E-state index is -1.07. The molecule has 2 heterocycles. The summed E-state index contributed by atoms with van der Waals surface area (Å²) in [5, 5.41) is 2.29. The zero-order chi connectivity index (χ0) is 19.4. The molecule has 1 aromatic carbocycles. The number of carbonyl (C=O) groups excluding carboxylic acids is 3. The summed E-state index contributed by atoms with van der Waals surface area (Å²) in [6.45, 7) is 7.02. The Labute approximate surface area is 159 Å². The Kier molecular flexibility index (Phi) is 6.01. The molecule has 0 aliphatic carbocycles. The van der Waals surface area contributed by atoms with Crippen molar-refractivity contribution in [1.29, 1.82) is 0 Å². The number of imide groups is 2. The molecule has 3 rings (SSSR count). The van der Waals surface area contributed by atoms with Gasteiger partial charge in [-0.3, -0.25) is 19.9 Å². The molecule has 2 aliphatic rings. The number of para-hydroxylation sites is 1. The number of barbiturate groups is 1. The van der Waals surface area contributed by atoms with Crippen LogP contribution in [0.1, 0.15) is 31.7 Å². The smallest absolute Gasteiger partial charge is 0.301 e. The zero-order valence-corrected chi connectivity index (χ0v) is 15.9. The van der Waals surface area contributed by atoms with Crippen LogP contribution in [-0.4, -0.2) is 54.6 Å². The highest BCUT2D eigenvalue weighted by Gasteiger charge is 2.43. The fourth-order valence-electron chi connectivity index (χ4n) is 3.63. The lowest BCUT2D eigenvalue weighted by molar-refractivity contribution is -0.131. The van der Waals surface area contributed by atoms with E-state index in [9.17, 15) is 14.4 Å². The number of nitrogens with zero attached hydrogens (tertiary/aromatic N) is 3. The number of aryl methyl sites for hydroxylation is 1. The number of likely N-dealkylation sites (tertiary alicyclic amines) is 1. The molecule has 0 bridgehead atoms. The van der Waals surface area contributed by atoms with Gasteiger partial charge in [0.1, 0.15) is 0 Å². The molecule has 1 aromatic rings. The van der Waals surface area contributed by atoms with Gasteiger partial charge >= 0.3 is 6.03 Å². The van der Waals surface area contributed by atoms with E-state index < -0.39 is 23.8 Å². The molecule has 0 aromatic heterocycles. The van der Waals surface area contributed by atoms with Crippen LogP contribution in [0.15, 0.2) is 29.3 Å². The van der Waals surface area contributed by atoms with Gasteiger partial charge in [-0.05, 0) is 51.4 Å². The van der Waals surface area contributed by atoms with Crippen LogP contribution in [0.25, 0.3) is 0 Å².